The van der Waals surface area contributed by atoms with E-state index in [0.29, 0.717) is 16.5 Å². The first kappa shape index (κ1) is 18.6. The second-order valence-corrected chi connectivity index (χ2v) is 6.38. The lowest BCUT2D eigenvalue weighted by Crippen LogP contribution is -2.15. The molecule has 3 aromatic carbocycles. The van der Waals surface area contributed by atoms with Crippen LogP contribution >= 0.6 is 0 Å². The van der Waals surface area contributed by atoms with E-state index in [2.05, 4.69) is 4.98 Å². The molecule has 0 spiro atoms. The highest BCUT2D eigenvalue weighted by molar-refractivity contribution is 6.21. The van der Waals surface area contributed by atoms with Crippen molar-refractivity contribution in [1.82, 2.24) is 4.98 Å². The fourth-order valence-corrected chi connectivity index (χ4v) is 3.46. The summed E-state index contributed by atoms with van der Waals surface area (Å²) in [5.74, 6) is -1.84. The van der Waals surface area contributed by atoms with Gasteiger partial charge < -0.3 is 9.47 Å². The number of aromatic nitrogens is 1. The first-order chi connectivity index (χ1) is 14.0. The van der Waals surface area contributed by atoms with E-state index in [1.165, 1.54) is 38.5 Å². The van der Waals surface area contributed by atoms with Crippen LogP contribution in [0, 0.1) is 5.82 Å². The minimum absolute atomic E-state index is 0.0187. The maximum Gasteiger partial charge on any atom is 0.340 e. The number of pyridine rings is 1. The fraction of sp³-hybridized carbons (Fsp3) is 0.0870. The van der Waals surface area contributed by atoms with E-state index >= 15 is 0 Å². The third kappa shape index (κ3) is 3.08. The highest BCUT2D eigenvalue weighted by Crippen LogP contribution is 2.35. The minimum Gasteiger partial charge on any atom is -0.465 e. The average Bonchev–Trinajstić information content (AvgIpc) is 2.77. The zero-order chi connectivity index (χ0) is 20.5. The Labute approximate surface area is 165 Å². The lowest BCUT2D eigenvalue weighted by atomic mass is 9.93. The molecule has 144 valence electrons. The SMILES string of the molecule is COC(=O)c1c(-c2ccc(F)cc2)nc2ccc3ccccc3c2c1C(=O)OC. The van der Waals surface area contributed by atoms with Crippen molar-refractivity contribution in [3.8, 4) is 11.3 Å². The number of halogens is 1. The summed E-state index contributed by atoms with van der Waals surface area (Å²) >= 11 is 0. The van der Waals surface area contributed by atoms with Gasteiger partial charge in [-0.1, -0.05) is 30.3 Å². The maximum absolute atomic E-state index is 13.4. The van der Waals surface area contributed by atoms with E-state index in [-0.39, 0.29) is 16.8 Å². The first-order valence-corrected chi connectivity index (χ1v) is 8.83. The van der Waals surface area contributed by atoms with Gasteiger partial charge in [-0.3, -0.25) is 0 Å². The third-order valence-corrected chi connectivity index (χ3v) is 4.77. The van der Waals surface area contributed by atoms with Crippen LogP contribution in [0.4, 0.5) is 4.39 Å². The molecule has 0 saturated carbocycles. The van der Waals surface area contributed by atoms with Crippen LogP contribution in [0.15, 0.2) is 60.7 Å². The molecule has 0 fully saturated rings. The van der Waals surface area contributed by atoms with Crippen molar-refractivity contribution in [1.29, 1.82) is 0 Å². The van der Waals surface area contributed by atoms with Gasteiger partial charge in [-0.05, 0) is 41.1 Å². The topological polar surface area (TPSA) is 65.5 Å². The highest BCUT2D eigenvalue weighted by atomic mass is 19.1. The van der Waals surface area contributed by atoms with Crippen molar-refractivity contribution in [3.63, 3.8) is 0 Å². The number of rotatable bonds is 3. The smallest absolute Gasteiger partial charge is 0.340 e. The molecule has 29 heavy (non-hydrogen) atoms. The second-order valence-electron chi connectivity index (χ2n) is 6.38. The number of benzene rings is 3. The predicted octanol–water partition coefficient (Wildman–Crippen LogP) is 4.77. The van der Waals surface area contributed by atoms with Crippen LogP contribution in [-0.2, 0) is 9.47 Å². The fourth-order valence-electron chi connectivity index (χ4n) is 3.46. The van der Waals surface area contributed by atoms with Gasteiger partial charge in [-0.15, -0.1) is 0 Å². The summed E-state index contributed by atoms with van der Waals surface area (Å²) in [4.78, 5) is 30.2. The van der Waals surface area contributed by atoms with E-state index in [4.69, 9.17) is 9.47 Å². The van der Waals surface area contributed by atoms with Gasteiger partial charge in [0.15, 0.2) is 0 Å². The van der Waals surface area contributed by atoms with Crippen molar-refractivity contribution < 1.29 is 23.5 Å². The number of esters is 2. The van der Waals surface area contributed by atoms with Crippen molar-refractivity contribution in [2.24, 2.45) is 0 Å². The Bertz CT molecular complexity index is 1270. The molecule has 0 unspecified atom stereocenters. The molecule has 6 heteroatoms. The summed E-state index contributed by atoms with van der Waals surface area (Å²) in [6.45, 7) is 0. The Morgan fingerprint density at radius 1 is 0.828 bits per heavy atom. The Morgan fingerprint density at radius 2 is 1.48 bits per heavy atom. The zero-order valence-corrected chi connectivity index (χ0v) is 15.7. The van der Waals surface area contributed by atoms with Gasteiger partial charge in [0.1, 0.15) is 11.4 Å². The van der Waals surface area contributed by atoms with Gasteiger partial charge >= 0.3 is 11.9 Å². The number of carbonyl (C=O) groups excluding carboxylic acids is 2. The van der Waals surface area contributed by atoms with Gasteiger partial charge in [0.25, 0.3) is 0 Å². The number of methoxy groups -OCH3 is 2. The molecule has 0 aliphatic rings. The summed E-state index contributed by atoms with van der Waals surface area (Å²) in [5, 5.41) is 2.15. The maximum atomic E-state index is 13.4. The van der Waals surface area contributed by atoms with Crippen molar-refractivity contribution in [3.05, 3.63) is 77.6 Å². The molecular formula is C23H16FNO4. The van der Waals surface area contributed by atoms with Gasteiger partial charge in [0.05, 0.1) is 31.0 Å². The lowest BCUT2D eigenvalue weighted by molar-refractivity contribution is 0.0557. The summed E-state index contributed by atoms with van der Waals surface area (Å²) in [6.07, 6.45) is 0. The van der Waals surface area contributed by atoms with Crippen LogP contribution in [-0.4, -0.2) is 31.1 Å². The molecule has 0 N–H and O–H groups in total. The molecule has 0 bridgehead atoms. The number of fused-ring (bicyclic) bond motifs is 3. The summed E-state index contributed by atoms with van der Waals surface area (Å²) in [7, 11) is 2.48. The molecule has 4 rings (SSSR count). The molecule has 5 nitrogen and oxygen atoms in total. The van der Waals surface area contributed by atoms with Crippen LogP contribution in [0.2, 0.25) is 0 Å². The molecule has 0 atom stereocenters. The summed E-state index contributed by atoms with van der Waals surface area (Å²) in [5.41, 5.74) is 1.26. The molecule has 0 saturated heterocycles. The highest BCUT2D eigenvalue weighted by Gasteiger charge is 2.28. The normalized spacial score (nSPS) is 10.9. The molecule has 0 aliphatic carbocycles. The van der Waals surface area contributed by atoms with Crippen LogP contribution in [0.25, 0.3) is 32.9 Å². The first-order valence-electron chi connectivity index (χ1n) is 8.83. The largest absolute Gasteiger partial charge is 0.465 e. The van der Waals surface area contributed by atoms with Gasteiger partial charge in [0.2, 0.25) is 0 Å². The van der Waals surface area contributed by atoms with Crippen molar-refractivity contribution in [2.45, 2.75) is 0 Å². The van der Waals surface area contributed by atoms with Crippen molar-refractivity contribution in [2.75, 3.05) is 14.2 Å². The monoisotopic (exact) mass is 389 g/mol. The summed E-state index contributed by atoms with van der Waals surface area (Å²) < 4.78 is 23.4. The molecule has 4 aromatic rings. The molecular weight excluding hydrogens is 373 g/mol. The Kier molecular flexibility index (Phi) is 4.68. The van der Waals surface area contributed by atoms with E-state index in [1.807, 2.05) is 30.3 Å². The Hall–Kier alpha value is -3.80. The Morgan fingerprint density at radius 3 is 2.17 bits per heavy atom. The molecule has 0 aliphatic heterocycles. The number of nitrogens with zero attached hydrogens (tertiary/aromatic N) is 1. The van der Waals surface area contributed by atoms with Crippen LogP contribution in [0.3, 0.4) is 0 Å². The number of carbonyl (C=O) groups is 2. The summed E-state index contributed by atoms with van der Waals surface area (Å²) in [6, 6.07) is 16.7. The van der Waals surface area contributed by atoms with E-state index in [9.17, 15) is 14.0 Å². The average molecular weight is 389 g/mol. The molecule has 1 heterocycles. The number of ether oxygens (including phenoxy) is 2. The number of hydrogen-bond donors (Lipinski definition) is 0. The van der Waals surface area contributed by atoms with E-state index in [1.54, 1.807) is 6.07 Å². The minimum atomic E-state index is -0.730. The zero-order valence-electron chi connectivity index (χ0n) is 15.7. The standard InChI is InChI=1S/C23H16FNO4/c1-28-22(26)19-18-16-6-4-3-5-13(16)9-12-17(18)25-21(20(19)23(27)29-2)14-7-10-15(24)11-8-14/h3-12H,1-2H3. The van der Waals surface area contributed by atoms with Crippen LogP contribution in [0.5, 0.6) is 0 Å². The lowest BCUT2D eigenvalue weighted by Gasteiger charge is -2.16. The third-order valence-electron chi connectivity index (χ3n) is 4.77. The predicted molar refractivity (Wildman–Crippen MR) is 107 cm³/mol. The molecule has 1 aromatic heterocycles. The Balaban J connectivity index is 2.22. The van der Waals surface area contributed by atoms with Crippen LogP contribution in [0.1, 0.15) is 20.7 Å². The quantitative estimate of drug-likeness (QED) is 0.373. The van der Waals surface area contributed by atoms with Gasteiger partial charge in [0, 0.05) is 10.9 Å². The van der Waals surface area contributed by atoms with Gasteiger partial charge in [-0.2, -0.15) is 0 Å². The van der Waals surface area contributed by atoms with Crippen LogP contribution < -0.4 is 0 Å². The second kappa shape index (κ2) is 7.31. The molecule has 0 amide bonds. The number of hydrogen-bond acceptors (Lipinski definition) is 5. The molecule has 0 radical (unpaired) electrons. The van der Waals surface area contributed by atoms with Crippen molar-refractivity contribution >= 4 is 33.6 Å². The van der Waals surface area contributed by atoms with E-state index < -0.39 is 17.8 Å². The van der Waals surface area contributed by atoms with Gasteiger partial charge in [-0.25, -0.2) is 19.0 Å². The van der Waals surface area contributed by atoms with E-state index in [0.717, 1.165) is 10.8 Å².